The van der Waals surface area contributed by atoms with Crippen LogP contribution in [-0.2, 0) is 33.2 Å². The third kappa shape index (κ3) is 5.69. The lowest BCUT2D eigenvalue weighted by atomic mass is 9.52. The molecule has 0 radical (unpaired) electrons. The Balaban J connectivity index is 0.982. The molecule has 260 valence electrons. The zero-order valence-corrected chi connectivity index (χ0v) is 27.8. The van der Waals surface area contributed by atoms with Gasteiger partial charge in [-0.1, -0.05) is 31.6 Å². The molecule has 11 heteroatoms. The van der Waals surface area contributed by atoms with E-state index in [0.717, 1.165) is 50.5 Å². The van der Waals surface area contributed by atoms with Crippen LogP contribution in [0.5, 0.6) is 0 Å². The van der Waals surface area contributed by atoms with Gasteiger partial charge in [-0.15, -0.1) is 0 Å². The molecule has 0 aromatic carbocycles. The summed E-state index contributed by atoms with van der Waals surface area (Å²) in [6.45, 7) is 6.49. The van der Waals surface area contributed by atoms with Crippen molar-refractivity contribution in [1.29, 1.82) is 0 Å². The molecule has 0 aromatic rings. The van der Waals surface area contributed by atoms with Gasteiger partial charge in [-0.3, -0.25) is 0 Å². The van der Waals surface area contributed by atoms with Crippen LogP contribution in [-0.4, -0.2) is 108 Å². The number of cyclic esters (lactones) is 1. The molecule has 2 saturated heterocycles. The summed E-state index contributed by atoms with van der Waals surface area (Å²) >= 11 is 0. The Bertz CT molecular complexity index is 1370. The first-order valence-corrected chi connectivity index (χ1v) is 17.3. The number of carbonyl (C=O) groups is 1. The molecule has 47 heavy (non-hydrogen) atoms. The second-order valence-electron chi connectivity index (χ2n) is 15.0. The van der Waals surface area contributed by atoms with Crippen molar-refractivity contribution in [1.82, 2.24) is 0 Å². The normalized spacial score (nSPS) is 46.6. The fourth-order valence-electron chi connectivity index (χ4n) is 9.68. The van der Waals surface area contributed by atoms with Gasteiger partial charge in [-0.25, -0.2) is 4.79 Å². The minimum Gasteiger partial charge on any atom is -0.458 e. The van der Waals surface area contributed by atoms with E-state index in [4.69, 9.17) is 28.4 Å². The van der Waals surface area contributed by atoms with Crippen LogP contribution in [0.2, 0.25) is 0 Å². The predicted molar refractivity (Wildman–Crippen MR) is 168 cm³/mol. The van der Waals surface area contributed by atoms with E-state index in [0.29, 0.717) is 18.9 Å². The van der Waals surface area contributed by atoms with E-state index >= 15 is 0 Å². The fourth-order valence-corrected chi connectivity index (χ4v) is 9.68. The lowest BCUT2D eigenvalue weighted by Gasteiger charge is -2.54. The van der Waals surface area contributed by atoms with E-state index in [1.165, 1.54) is 16.7 Å². The Morgan fingerprint density at radius 2 is 1.74 bits per heavy atom. The second-order valence-corrected chi connectivity index (χ2v) is 15.0. The number of ether oxygens (including phenoxy) is 6. The maximum atomic E-state index is 11.8. The molecule has 7 rings (SSSR count). The average Bonchev–Trinajstić information content (AvgIpc) is 3.64. The molecule has 1 saturated carbocycles. The monoisotopic (exact) mass is 658 g/mol. The van der Waals surface area contributed by atoms with E-state index in [-0.39, 0.29) is 22.9 Å². The predicted octanol–water partition coefficient (Wildman–Crippen LogP) is 2.75. The van der Waals surface area contributed by atoms with Gasteiger partial charge in [-0.05, 0) is 79.9 Å². The largest absolute Gasteiger partial charge is 0.458 e. The number of allylic oxidation sites excluding steroid dienone is 5. The minimum atomic E-state index is -1.52. The number of hydrogen-bond acceptors (Lipinski definition) is 11. The minimum absolute atomic E-state index is 0.0625. The molecule has 3 fully saturated rings. The zero-order chi connectivity index (χ0) is 33.2. The third-order valence-corrected chi connectivity index (χ3v) is 12.5. The first-order chi connectivity index (χ1) is 22.5. The average molecular weight is 659 g/mol. The molecular formula is C36H50O11. The standard InChI is InChI=1S/C36H50O11/c1-18-33(47-34-32(41)31(40)30(39)27(16-37)46-34)26(42-4)15-29(44-18)45-21-9-11-35(2)20(14-21)5-6-22-24-8-7-23(19-13-28(38)43-17-19)36(24,3)12-10-25(22)35/h7-8,13,18,20-21,26-27,29-34,37,39-41H,5-6,9-12,14-17H2,1-4H3/t18-,20-,21+,26-,27-,29+,30-,31+,32-,33+,34+,35+,36-/m1/s1. The summed E-state index contributed by atoms with van der Waals surface area (Å²) in [6.07, 6.45) is 5.08. The van der Waals surface area contributed by atoms with E-state index < -0.39 is 61.9 Å². The number of hydrogen-bond donors (Lipinski definition) is 4. The molecule has 13 atom stereocenters. The molecule has 4 N–H and O–H groups in total. The summed E-state index contributed by atoms with van der Waals surface area (Å²) in [4.78, 5) is 11.8. The lowest BCUT2D eigenvalue weighted by Crippen LogP contribution is -2.61. The van der Waals surface area contributed by atoms with Crippen molar-refractivity contribution in [3.05, 3.63) is 46.1 Å². The number of rotatable bonds is 7. The van der Waals surface area contributed by atoms with Gasteiger partial charge in [-0.2, -0.15) is 0 Å². The SMILES string of the molecule is CO[C@@H]1C[C@H](O[C@H]2CC[C@]3(C)C4=C(CC[C@@H]3C2)C2=CC=C(C3=CC(=O)OC3)[C@@]2(C)CC4)O[C@H](C)[C@@H]1O[C@@H]1O[C@H](CO)[C@@H](O)[C@H](O)[C@H]1O. The molecule has 7 aliphatic rings. The zero-order valence-electron chi connectivity index (χ0n) is 27.8. The van der Waals surface area contributed by atoms with Gasteiger partial charge in [0.2, 0.25) is 0 Å². The van der Waals surface area contributed by atoms with Gasteiger partial charge in [0.05, 0.1) is 24.9 Å². The van der Waals surface area contributed by atoms with Crippen LogP contribution in [0.1, 0.15) is 72.1 Å². The maximum Gasteiger partial charge on any atom is 0.331 e. The van der Waals surface area contributed by atoms with Gasteiger partial charge in [0.25, 0.3) is 0 Å². The molecule has 3 aliphatic heterocycles. The summed E-state index contributed by atoms with van der Waals surface area (Å²) in [5.74, 6) is 0.275. The number of fused-ring (bicyclic) bond motifs is 4. The van der Waals surface area contributed by atoms with Crippen LogP contribution in [0.15, 0.2) is 46.1 Å². The first kappa shape index (κ1) is 33.6. The number of aliphatic hydroxyl groups excluding tert-OH is 4. The van der Waals surface area contributed by atoms with Gasteiger partial charge in [0.15, 0.2) is 12.6 Å². The number of aliphatic hydroxyl groups is 4. The Kier molecular flexibility index (Phi) is 9.11. The van der Waals surface area contributed by atoms with Gasteiger partial charge >= 0.3 is 5.97 Å². The maximum absolute atomic E-state index is 11.8. The van der Waals surface area contributed by atoms with Gasteiger partial charge in [0, 0.05) is 30.6 Å². The van der Waals surface area contributed by atoms with Crippen molar-refractivity contribution in [3.63, 3.8) is 0 Å². The van der Waals surface area contributed by atoms with E-state index in [2.05, 4.69) is 26.0 Å². The summed E-state index contributed by atoms with van der Waals surface area (Å²) in [5.41, 5.74) is 6.91. The summed E-state index contributed by atoms with van der Waals surface area (Å²) < 4.78 is 35.6. The highest BCUT2D eigenvalue weighted by molar-refractivity contribution is 5.87. The fraction of sp³-hybridized carbons (Fsp3) is 0.750. The van der Waals surface area contributed by atoms with Crippen LogP contribution in [0, 0.1) is 16.7 Å². The Labute approximate surface area is 276 Å². The molecule has 0 unspecified atom stereocenters. The molecular weight excluding hydrogens is 608 g/mol. The smallest absolute Gasteiger partial charge is 0.331 e. The van der Waals surface area contributed by atoms with Crippen molar-refractivity contribution in [2.75, 3.05) is 20.3 Å². The Morgan fingerprint density at radius 1 is 0.957 bits per heavy atom. The number of methoxy groups -OCH3 is 1. The molecule has 3 heterocycles. The van der Waals surface area contributed by atoms with Crippen LogP contribution in [0.25, 0.3) is 0 Å². The van der Waals surface area contributed by atoms with Crippen LogP contribution in [0.3, 0.4) is 0 Å². The van der Waals surface area contributed by atoms with Crippen molar-refractivity contribution < 1.29 is 53.6 Å². The van der Waals surface area contributed by atoms with Gasteiger partial charge < -0.3 is 48.8 Å². The van der Waals surface area contributed by atoms with E-state index in [9.17, 15) is 25.2 Å². The molecule has 0 bridgehead atoms. The van der Waals surface area contributed by atoms with Crippen molar-refractivity contribution in [2.45, 2.75) is 134 Å². The highest BCUT2D eigenvalue weighted by Crippen LogP contribution is 2.63. The van der Waals surface area contributed by atoms with Gasteiger partial charge in [0.1, 0.15) is 37.1 Å². The molecule has 0 spiro atoms. The quantitative estimate of drug-likeness (QED) is 0.299. The molecule has 0 aromatic heterocycles. The van der Waals surface area contributed by atoms with Crippen molar-refractivity contribution in [2.24, 2.45) is 16.7 Å². The highest BCUT2D eigenvalue weighted by Gasteiger charge is 2.53. The van der Waals surface area contributed by atoms with Crippen LogP contribution >= 0.6 is 0 Å². The van der Waals surface area contributed by atoms with E-state index in [1.54, 1.807) is 18.8 Å². The Morgan fingerprint density at radius 3 is 2.47 bits per heavy atom. The third-order valence-electron chi connectivity index (χ3n) is 12.5. The first-order valence-electron chi connectivity index (χ1n) is 17.3. The molecule has 4 aliphatic carbocycles. The van der Waals surface area contributed by atoms with Crippen LogP contribution in [0.4, 0.5) is 0 Å². The summed E-state index contributed by atoms with van der Waals surface area (Å²) in [6, 6.07) is 0. The number of carbonyl (C=O) groups excluding carboxylic acids is 1. The summed E-state index contributed by atoms with van der Waals surface area (Å²) in [7, 11) is 1.59. The topological polar surface area (TPSA) is 153 Å². The van der Waals surface area contributed by atoms with Crippen molar-refractivity contribution >= 4 is 5.97 Å². The summed E-state index contributed by atoms with van der Waals surface area (Å²) in [5, 5.41) is 40.4. The van der Waals surface area contributed by atoms with Crippen molar-refractivity contribution in [3.8, 4) is 0 Å². The highest BCUT2D eigenvalue weighted by atomic mass is 16.7. The second kappa shape index (κ2) is 12.8. The Hall–Kier alpha value is -1.93. The number of esters is 1. The van der Waals surface area contributed by atoms with Crippen LogP contribution < -0.4 is 0 Å². The molecule has 0 amide bonds. The lowest BCUT2D eigenvalue weighted by molar-refractivity contribution is -0.345. The van der Waals surface area contributed by atoms with E-state index in [1.807, 2.05) is 6.92 Å². The molecule has 11 nitrogen and oxygen atoms in total.